The zero-order valence-electron chi connectivity index (χ0n) is 11.8. The first-order chi connectivity index (χ1) is 7.84. The first kappa shape index (κ1) is 13.5. The molecule has 0 amide bonds. The number of aliphatic hydroxyl groups excluding tert-OH is 1. The number of hydrogen-bond acceptors (Lipinski definition) is 3. The van der Waals surface area contributed by atoms with E-state index in [9.17, 15) is 4.79 Å². The number of carbonyl (C=O) groups is 1. The number of rotatable bonds is 7. The average Bonchev–Trinajstić information content (AvgIpc) is 2.22. The van der Waals surface area contributed by atoms with Crippen LogP contribution in [-0.2, 0) is 9.53 Å². The lowest BCUT2D eigenvalue weighted by Crippen LogP contribution is -2.20. The highest BCUT2D eigenvalue weighted by atomic mass is 28.3. The SMILES string of the molecule is [2H]/C(=C(/CCCCO)C(=O)OCC)[Si](C)(C)C. The summed E-state index contributed by atoms with van der Waals surface area (Å²) in [6, 6.07) is 0. The Kier molecular flexibility index (Phi) is 6.41. The van der Waals surface area contributed by atoms with Crippen molar-refractivity contribution >= 4 is 14.0 Å². The van der Waals surface area contributed by atoms with Crippen molar-refractivity contribution in [1.82, 2.24) is 0 Å². The van der Waals surface area contributed by atoms with Crippen LogP contribution in [0.1, 0.15) is 27.6 Å². The van der Waals surface area contributed by atoms with Crippen LogP contribution in [0.2, 0.25) is 19.6 Å². The summed E-state index contributed by atoms with van der Waals surface area (Å²) in [6.07, 6.45) is 1.90. The van der Waals surface area contributed by atoms with Crippen LogP contribution in [0.15, 0.2) is 11.2 Å². The van der Waals surface area contributed by atoms with Crippen molar-refractivity contribution in [2.75, 3.05) is 13.2 Å². The molecule has 0 aromatic heterocycles. The first-order valence-electron chi connectivity index (χ1n) is 6.32. The van der Waals surface area contributed by atoms with Crippen LogP contribution < -0.4 is 0 Å². The minimum Gasteiger partial charge on any atom is -0.463 e. The smallest absolute Gasteiger partial charge is 0.333 e. The molecule has 0 heterocycles. The van der Waals surface area contributed by atoms with Gasteiger partial charge in [-0.3, -0.25) is 0 Å². The van der Waals surface area contributed by atoms with Crippen LogP contribution in [0.5, 0.6) is 0 Å². The van der Waals surface area contributed by atoms with Crippen molar-refractivity contribution in [2.24, 2.45) is 0 Å². The van der Waals surface area contributed by atoms with Gasteiger partial charge in [0.1, 0.15) is 0 Å². The van der Waals surface area contributed by atoms with E-state index in [1.54, 1.807) is 6.92 Å². The van der Waals surface area contributed by atoms with Gasteiger partial charge >= 0.3 is 5.97 Å². The Morgan fingerprint density at radius 1 is 1.44 bits per heavy atom. The summed E-state index contributed by atoms with van der Waals surface area (Å²) in [5.41, 5.74) is 0.966. The van der Waals surface area contributed by atoms with Crippen molar-refractivity contribution < 1.29 is 16.0 Å². The molecule has 0 unspecified atom stereocenters. The number of ether oxygens (including phenoxy) is 1. The summed E-state index contributed by atoms with van der Waals surface area (Å²) in [6.45, 7) is 8.35. The van der Waals surface area contributed by atoms with Crippen molar-refractivity contribution in [3.8, 4) is 0 Å². The maximum atomic E-state index is 11.8. The maximum Gasteiger partial charge on any atom is 0.333 e. The molecule has 16 heavy (non-hydrogen) atoms. The fraction of sp³-hybridized carbons (Fsp3) is 0.750. The van der Waals surface area contributed by atoms with E-state index in [4.69, 9.17) is 11.2 Å². The summed E-state index contributed by atoms with van der Waals surface area (Å²) in [5, 5.41) is 8.75. The Labute approximate surface area is 101 Å². The van der Waals surface area contributed by atoms with E-state index in [0.29, 0.717) is 30.7 Å². The van der Waals surface area contributed by atoms with Gasteiger partial charge in [-0.25, -0.2) is 4.79 Å². The predicted octanol–water partition coefficient (Wildman–Crippen LogP) is 2.52. The molecule has 0 fully saturated rings. The molecule has 0 aliphatic heterocycles. The Balaban J connectivity index is 4.90. The van der Waals surface area contributed by atoms with E-state index in [1.807, 2.05) is 19.6 Å². The molecule has 0 radical (unpaired) electrons. The fourth-order valence-electron chi connectivity index (χ4n) is 1.30. The minimum atomic E-state index is -1.79. The lowest BCUT2D eigenvalue weighted by molar-refractivity contribution is -0.138. The van der Waals surface area contributed by atoms with Crippen molar-refractivity contribution in [3.05, 3.63) is 11.2 Å². The van der Waals surface area contributed by atoms with Gasteiger partial charge in [-0.15, -0.1) is 0 Å². The molecule has 1 N–H and O–H groups in total. The van der Waals surface area contributed by atoms with Gasteiger partial charge < -0.3 is 9.84 Å². The molecule has 0 bridgehead atoms. The third-order valence-corrected chi connectivity index (χ3v) is 2.93. The summed E-state index contributed by atoms with van der Waals surface area (Å²) < 4.78 is 13.1. The molecular weight excluding hydrogens is 220 g/mol. The normalized spacial score (nSPS) is 14.2. The lowest BCUT2D eigenvalue weighted by Gasteiger charge is -2.13. The number of unbranched alkanes of at least 4 members (excludes halogenated alkanes) is 1. The quantitative estimate of drug-likeness (QED) is 0.324. The first-order valence-corrected chi connectivity index (χ1v) is 9.32. The van der Waals surface area contributed by atoms with Gasteiger partial charge in [0, 0.05) is 12.2 Å². The largest absolute Gasteiger partial charge is 0.463 e. The third-order valence-electron chi connectivity index (χ3n) is 1.88. The van der Waals surface area contributed by atoms with Crippen molar-refractivity contribution in [2.45, 2.75) is 45.8 Å². The van der Waals surface area contributed by atoms with Crippen LogP contribution in [0, 0.1) is 0 Å². The van der Waals surface area contributed by atoms with Crippen LogP contribution >= 0.6 is 0 Å². The van der Waals surface area contributed by atoms with Crippen LogP contribution in [0.3, 0.4) is 0 Å². The van der Waals surface area contributed by atoms with E-state index in [2.05, 4.69) is 0 Å². The predicted molar refractivity (Wildman–Crippen MR) is 69.0 cm³/mol. The molecular formula is C12H24O3Si. The molecule has 4 heteroatoms. The van der Waals surface area contributed by atoms with Gasteiger partial charge in [-0.2, -0.15) is 0 Å². The molecule has 0 rings (SSSR count). The Morgan fingerprint density at radius 3 is 2.50 bits per heavy atom. The summed E-state index contributed by atoms with van der Waals surface area (Å²) >= 11 is 0. The van der Waals surface area contributed by atoms with Crippen LogP contribution in [0.25, 0.3) is 0 Å². The van der Waals surface area contributed by atoms with Gasteiger partial charge in [0.05, 0.1) is 16.1 Å². The van der Waals surface area contributed by atoms with Gasteiger partial charge in [-0.1, -0.05) is 25.3 Å². The van der Waals surface area contributed by atoms with Crippen molar-refractivity contribution in [1.29, 1.82) is 0 Å². The van der Waals surface area contributed by atoms with E-state index in [0.717, 1.165) is 6.42 Å². The molecule has 0 spiro atoms. The highest BCUT2D eigenvalue weighted by molar-refractivity contribution is 6.81. The fourth-order valence-corrected chi connectivity index (χ4v) is 2.43. The average molecular weight is 245 g/mol. The maximum absolute atomic E-state index is 11.8. The molecule has 0 saturated carbocycles. The molecule has 0 saturated heterocycles. The minimum absolute atomic E-state index is 0.121. The van der Waals surface area contributed by atoms with Gasteiger partial charge in [-0.05, 0) is 26.2 Å². The summed E-state index contributed by atoms with van der Waals surface area (Å²) in [7, 11) is -1.79. The zero-order valence-corrected chi connectivity index (χ0v) is 11.8. The molecule has 0 aromatic carbocycles. The Bertz CT molecular complexity index is 282. The van der Waals surface area contributed by atoms with Crippen LogP contribution in [0.4, 0.5) is 0 Å². The highest BCUT2D eigenvalue weighted by Crippen LogP contribution is 2.14. The van der Waals surface area contributed by atoms with Gasteiger partial charge in [0.2, 0.25) is 0 Å². The summed E-state index contributed by atoms with van der Waals surface area (Å²) in [4.78, 5) is 11.8. The topological polar surface area (TPSA) is 46.5 Å². The monoisotopic (exact) mass is 245 g/mol. The molecule has 0 atom stereocenters. The van der Waals surface area contributed by atoms with E-state index in [-0.39, 0.29) is 12.6 Å². The van der Waals surface area contributed by atoms with E-state index in [1.165, 1.54) is 0 Å². The summed E-state index contributed by atoms with van der Waals surface area (Å²) in [5.74, 6) is -0.363. The van der Waals surface area contributed by atoms with Gasteiger partial charge in [0.15, 0.2) is 0 Å². The van der Waals surface area contributed by atoms with Crippen LogP contribution in [-0.4, -0.2) is 32.4 Å². The van der Waals surface area contributed by atoms with Crippen molar-refractivity contribution in [3.63, 3.8) is 0 Å². The van der Waals surface area contributed by atoms with E-state index >= 15 is 0 Å². The standard InChI is InChI=1S/C12H24O3Si/c1-5-15-12(14)11(8-6-7-9-13)10-16(2,3)4/h10,13H,5-9H2,1-4H3/b11-10+/i10D. The van der Waals surface area contributed by atoms with E-state index < -0.39 is 8.07 Å². The molecule has 0 aliphatic carbocycles. The molecule has 0 aromatic rings. The highest BCUT2D eigenvalue weighted by Gasteiger charge is 2.16. The third kappa shape index (κ3) is 7.65. The second kappa shape index (κ2) is 7.63. The number of carbonyl (C=O) groups excluding carboxylic acids is 1. The van der Waals surface area contributed by atoms with Gasteiger partial charge in [0.25, 0.3) is 0 Å². The number of hydrogen-bond donors (Lipinski definition) is 1. The lowest BCUT2D eigenvalue weighted by atomic mass is 10.1. The second-order valence-corrected chi connectivity index (χ2v) is 9.50. The Morgan fingerprint density at radius 2 is 2.06 bits per heavy atom. The molecule has 0 aliphatic rings. The molecule has 94 valence electrons. The Hall–Kier alpha value is -0.613. The second-order valence-electron chi connectivity index (χ2n) is 4.75. The zero-order chi connectivity index (χ0) is 13.5. The molecule has 3 nitrogen and oxygen atoms in total. The number of esters is 1. The number of aliphatic hydroxyl groups is 1.